The van der Waals surface area contributed by atoms with Crippen LogP contribution in [0.2, 0.25) is 0 Å². The molecule has 3 heteroatoms. The van der Waals surface area contributed by atoms with Crippen molar-refractivity contribution in [3.05, 3.63) is 35.4 Å². The maximum atomic E-state index is 10.2. The van der Waals surface area contributed by atoms with Crippen LogP contribution >= 0.6 is 0 Å². The maximum Gasteiger partial charge on any atom is 0.303 e. The first-order valence-corrected chi connectivity index (χ1v) is 3.96. The fourth-order valence-corrected chi connectivity index (χ4v) is 1.01. The summed E-state index contributed by atoms with van der Waals surface area (Å²) in [6.07, 6.45) is 0.832. The molecule has 0 aliphatic heterocycles. The monoisotopic (exact) mass is 431 g/mol. The van der Waals surface area contributed by atoms with Gasteiger partial charge in [0.25, 0.3) is 0 Å². The Labute approximate surface area is 71.8 Å². The van der Waals surface area contributed by atoms with E-state index >= 15 is 0 Å². The summed E-state index contributed by atoms with van der Waals surface area (Å²) in [4.78, 5) is 10.2. The molecule has 0 fully saturated rings. The molecule has 1 aromatic rings. The molecule has 0 aliphatic carbocycles. The molecule has 13 heavy (non-hydrogen) atoms. The van der Waals surface area contributed by atoms with Crippen LogP contribution < -0.4 is 0 Å². The van der Waals surface area contributed by atoms with Crippen molar-refractivity contribution in [1.29, 1.82) is 0 Å². The van der Waals surface area contributed by atoms with Crippen LogP contribution in [0.25, 0.3) is 0 Å². The molecule has 0 heterocycles. The van der Waals surface area contributed by atoms with Crippen LogP contribution in [0, 0.1) is 6.92 Å². The fourth-order valence-electron chi connectivity index (χ4n) is 1.01. The Morgan fingerprint density at radius 2 is 1.85 bits per heavy atom. The van der Waals surface area contributed by atoms with Crippen molar-refractivity contribution in [3.63, 3.8) is 0 Å². The smallest absolute Gasteiger partial charge is 0.303 e. The van der Waals surface area contributed by atoms with Gasteiger partial charge in [0.2, 0.25) is 0 Å². The van der Waals surface area contributed by atoms with E-state index in [0.717, 1.165) is 5.56 Å². The van der Waals surface area contributed by atoms with E-state index in [1.807, 2.05) is 31.2 Å². The molecule has 0 spiro atoms. The van der Waals surface area contributed by atoms with Crippen LogP contribution in [0.15, 0.2) is 24.3 Å². The minimum absolute atomic E-state index is 0. The second-order valence-corrected chi connectivity index (χ2v) is 2.88. The molecule has 0 amide bonds. The van der Waals surface area contributed by atoms with Crippen LogP contribution in [0.4, 0.5) is 0 Å². The van der Waals surface area contributed by atoms with Crippen LogP contribution in [0.5, 0.6) is 0 Å². The summed E-state index contributed by atoms with van der Waals surface area (Å²) in [7, 11) is 0. The van der Waals surface area contributed by atoms with Gasteiger partial charge in [0.1, 0.15) is 0 Å². The minimum atomic E-state index is -0.740. The van der Waals surface area contributed by atoms with Crippen molar-refractivity contribution in [3.8, 4) is 0 Å². The molecular formula is C10H12O2Rf. The van der Waals surface area contributed by atoms with E-state index < -0.39 is 5.97 Å². The van der Waals surface area contributed by atoms with Crippen LogP contribution in [-0.2, 0) is 11.2 Å². The molecule has 1 aromatic carbocycles. The molecule has 0 saturated carbocycles. The van der Waals surface area contributed by atoms with Crippen LogP contribution in [0.1, 0.15) is 17.5 Å². The largest absolute Gasteiger partial charge is 0.481 e. The fraction of sp³-hybridized carbons (Fsp3) is 0.300. The van der Waals surface area contributed by atoms with Crippen molar-refractivity contribution in [1.82, 2.24) is 0 Å². The molecule has 1 rings (SSSR count). The molecule has 66 valence electrons. The maximum absolute atomic E-state index is 10.2. The molecule has 0 unspecified atom stereocenters. The van der Waals surface area contributed by atoms with Gasteiger partial charge in [-0.3, -0.25) is 4.79 Å². The first-order valence-electron chi connectivity index (χ1n) is 3.96. The minimum Gasteiger partial charge on any atom is -0.481 e. The Kier molecular flexibility index (Phi) is 3.74. The van der Waals surface area contributed by atoms with Crippen molar-refractivity contribution < 1.29 is 9.90 Å². The second kappa shape index (κ2) is 4.54. The van der Waals surface area contributed by atoms with Crippen molar-refractivity contribution in [2.24, 2.45) is 0 Å². The third kappa shape index (κ3) is 3.56. The zero-order chi connectivity index (χ0) is 8.97. The van der Waals surface area contributed by atoms with Gasteiger partial charge in [-0.15, -0.1) is 0 Å². The van der Waals surface area contributed by atoms with Gasteiger partial charge < -0.3 is 5.11 Å². The Balaban J connectivity index is 0.00000144. The van der Waals surface area contributed by atoms with E-state index in [0.29, 0.717) is 6.42 Å². The van der Waals surface area contributed by atoms with Gasteiger partial charge in [0, 0.05) is 6.42 Å². The number of hydrogen-bond donors (Lipinski definition) is 1. The number of carbonyl (C=O) groups is 1. The summed E-state index contributed by atoms with van der Waals surface area (Å²) in [5, 5.41) is 8.43. The van der Waals surface area contributed by atoms with Crippen molar-refractivity contribution >= 4 is 5.97 Å². The van der Waals surface area contributed by atoms with E-state index in [-0.39, 0.29) is 6.42 Å². The van der Waals surface area contributed by atoms with Crippen molar-refractivity contribution in [2.75, 3.05) is 0 Å². The summed E-state index contributed by atoms with van der Waals surface area (Å²) in [5.41, 5.74) is 2.29. The van der Waals surface area contributed by atoms with E-state index in [1.165, 1.54) is 5.56 Å². The Hall–Kier alpha value is -2.31. The van der Waals surface area contributed by atoms with Crippen molar-refractivity contribution in [2.45, 2.75) is 19.8 Å². The zero-order valence-corrected chi connectivity index (χ0v) is 14.2. The predicted octanol–water partition coefficient (Wildman–Crippen LogP) is 2.01. The summed E-state index contributed by atoms with van der Waals surface area (Å²) in [6.45, 7) is 2.01. The van der Waals surface area contributed by atoms with Gasteiger partial charge >= 0.3 is 5.97 Å². The molecule has 0 saturated heterocycles. The van der Waals surface area contributed by atoms with Gasteiger partial charge in [-0.2, -0.15) is 0 Å². The molecule has 1 N–H and O–H groups in total. The molecule has 0 aliphatic rings. The summed E-state index contributed by atoms with van der Waals surface area (Å²) >= 11 is 0. The van der Waals surface area contributed by atoms with Gasteiger partial charge in [-0.25, -0.2) is 0 Å². The Morgan fingerprint density at radius 1 is 1.31 bits per heavy atom. The van der Waals surface area contributed by atoms with Gasteiger partial charge in [0.15, 0.2) is 0 Å². The average Bonchev–Trinajstić information content (AvgIpc) is 2.03. The second-order valence-electron chi connectivity index (χ2n) is 2.88. The van der Waals surface area contributed by atoms with E-state index in [1.54, 1.807) is 0 Å². The average molecular weight is 431 g/mol. The normalized spacial score (nSPS) is 9.00. The van der Waals surface area contributed by atoms with Gasteiger partial charge in [0.05, 0.1) is 0 Å². The van der Waals surface area contributed by atoms with E-state index in [9.17, 15) is 4.79 Å². The van der Waals surface area contributed by atoms with Gasteiger partial charge in [-0.05, 0) is 18.9 Å². The van der Waals surface area contributed by atoms with Gasteiger partial charge in [-0.1, -0.05) is 29.8 Å². The Morgan fingerprint density at radius 3 is 2.31 bits per heavy atom. The first kappa shape index (κ1) is 10.7. The van der Waals surface area contributed by atoms with E-state index in [4.69, 9.17) is 5.11 Å². The third-order valence-electron chi connectivity index (χ3n) is 1.75. The number of aryl methyl sites for hydroxylation is 2. The number of rotatable bonds is 3. The molecule has 0 atom stereocenters. The molecule has 0 bridgehead atoms. The standard InChI is InChI=1S/C10H12O2.Rf/c1-8-2-4-9(5-3-8)6-7-10(11)12;/h2-5H,6-7H2,1H3,(H,11,12);. The van der Waals surface area contributed by atoms with E-state index in [2.05, 4.69) is 0 Å². The summed E-state index contributed by atoms with van der Waals surface area (Å²) < 4.78 is 0. The molecule has 0 radical (unpaired) electrons. The molecular weight excluding hydrogens is 419 g/mol. The summed E-state index contributed by atoms with van der Waals surface area (Å²) in [6, 6.07) is 7.94. The molecule has 2 nitrogen and oxygen atoms in total. The number of hydrogen-bond acceptors (Lipinski definition) is 1. The topological polar surface area (TPSA) is 37.3 Å². The number of carboxylic acid groups (broad SMARTS) is 1. The first-order chi connectivity index (χ1) is 5.68. The number of aliphatic carboxylic acids is 1. The Bertz CT molecular complexity index is 267. The van der Waals surface area contributed by atoms with Crippen LogP contribution in [-0.4, -0.2) is 11.1 Å². The number of benzene rings is 1. The third-order valence-corrected chi connectivity index (χ3v) is 1.75. The zero-order valence-electron chi connectivity index (χ0n) is 7.79. The van der Waals surface area contributed by atoms with Crippen LogP contribution in [0.3, 0.4) is 0 Å². The molecule has 0 aromatic heterocycles. The SMILES string of the molecule is Cc1ccc(CCC(=O)O)cc1.[Rf]. The summed E-state index contributed by atoms with van der Waals surface area (Å²) in [5.74, 6) is -0.740. The predicted molar refractivity (Wildman–Crippen MR) is 47.1 cm³/mol. The number of carboxylic acids is 1. The quantitative estimate of drug-likeness (QED) is 0.796.